The van der Waals surface area contributed by atoms with Gasteiger partial charge in [-0.3, -0.25) is 0 Å². The number of hydrogen-bond acceptors (Lipinski definition) is 2. The molecule has 0 saturated carbocycles. The van der Waals surface area contributed by atoms with Crippen molar-refractivity contribution in [2.45, 2.75) is 26.4 Å². The van der Waals surface area contributed by atoms with Crippen LogP contribution in [0.3, 0.4) is 0 Å². The van der Waals surface area contributed by atoms with E-state index in [9.17, 15) is 0 Å². The van der Waals surface area contributed by atoms with Crippen LogP contribution < -0.4 is 10.5 Å². The van der Waals surface area contributed by atoms with Crippen molar-refractivity contribution in [3.63, 3.8) is 0 Å². The molecule has 0 fully saturated rings. The minimum atomic E-state index is 0.411. The fraction of sp³-hybridized carbons (Fsp3) is 0.235. The van der Waals surface area contributed by atoms with Crippen LogP contribution in [-0.2, 0) is 6.61 Å². The van der Waals surface area contributed by atoms with E-state index in [4.69, 9.17) is 22.7 Å². The second-order valence-corrected chi connectivity index (χ2v) is 5.52. The van der Waals surface area contributed by atoms with Gasteiger partial charge in [0.25, 0.3) is 0 Å². The zero-order chi connectivity index (χ0) is 14.5. The zero-order valence-electron chi connectivity index (χ0n) is 11.8. The van der Waals surface area contributed by atoms with E-state index in [2.05, 4.69) is 26.0 Å². The van der Waals surface area contributed by atoms with Gasteiger partial charge in [0, 0.05) is 5.56 Å². The first kappa shape index (κ1) is 14.5. The molecule has 0 spiro atoms. The van der Waals surface area contributed by atoms with Crippen molar-refractivity contribution in [3.05, 3.63) is 65.2 Å². The van der Waals surface area contributed by atoms with E-state index in [1.54, 1.807) is 0 Å². The third-order valence-electron chi connectivity index (χ3n) is 3.14. The molecule has 0 atom stereocenters. The normalized spacial score (nSPS) is 10.6. The molecular formula is C17H19NOS. The van der Waals surface area contributed by atoms with E-state index in [1.165, 1.54) is 5.56 Å². The second kappa shape index (κ2) is 6.53. The Bertz CT molecular complexity index is 607. The molecule has 2 aromatic rings. The van der Waals surface area contributed by atoms with Gasteiger partial charge in [-0.15, -0.1) is 0 Å². The highest BCUT2D eigenvalue weighted by molar-refractivity contribution is 7.80. The summed E-state index contributed by atoms with van der Waals surface area (Å²) in [5.74, 6) is 1.38. The first-order valence-corrected chi connectivity index (χ1v) is 7.08. The molecule has 0 bridgehead atoms. The summed E-state index contributed by atoms with van der Waals surface area (Å²) in [5, 5.41) is 0. The molecule has 0 saturated heterocycles. The van der Waals surface area contributed by atoms with E-state index in [0.29, 0.717) is 17.5 Å². The van der Waals surface area contributed by atoms with E-state index >= 15 is 0 Å². The lowest BCUT2D eigenvalue weighted by Crippen LogP contribution is -2.09. The molecule has 0 radical (unpaired) electrons. The Morgan fingerprint density at radius 2 is 1.90 bits per heavy atom. The minimum absolute atomic E-state index is 0.411. The minimum Gasteiger partial charge on any atom is -0.489 e. The van der Waals surface area contributed by atoms with Crippen molar-refractivity contribution < 1.29 is 4.74 Å². The number of ether oxygens (including phenoxy) is 1. The largest absolute Gasteiger partial charge is 0.489 e. The van der Waals surface area contributed by atoms with Crippen LogP contribution in [0.1, 0.15) is 36.5 Å². The predicted octanol–water partition coefficient (Wildman–Crippen LogP) is 4.02. The van der Waals surface area contributed by atoms with Gasteiger partial charge in [-0.1, -0.05) is 56.4 Å². The van der Waals surface area contributed by atoms with Crippen molar-refractivity contribution in [3.8, 4) is 5.75 Å². The molecule has 2 N–H and O–H groups in total. The summed E-state index contributed by atoms with van der Waals surface area (Å²) in [6.07, 6.45) is 0. The van der Waals surface area contributed by atoms with Gasteiger partial charge in [0.2, 0.25) is 0 Å². The average Bonchev–Trinajstić information content (AvgIpc) is 2.45. The van der Waals surface area contributed by atoms with Crippen molar-refractivity contribution in [1.29, 1.82) is 0 Å². The van der Waals surface area contributed by atoms with Crippen LogP contribution in [0.4, 0.5) is 0 Å². The number of nitrogens with two attached hydrogens (primary N) is 1. The van der Waals surface area contributed by atoms with Gasteiger partial charge in [0.05, 0.1) is 0 Å². The molecule has 0 amide bonds. The molecule has 0 aliphatic rings. The van der Waals surface area contributed by atoms with Crippen LogP contribution >= 0.6 is 12.2 Å². The number of benzene rings is 2. The van der Waals surface area contributed by atoms with E-state index in [1.807, 2.05) is 36.4 Å². The molecule has 0 heterocycles. The topological polar surface area (TPSA) is 35.2 Å². The maximum atomic E-state index is 5.83. The predicted molar refractivity (Wildman–Crippen MR) is 87.2 cm³/mol. The van der Waals surface area contributed by atoms with Gasteiger partial charge in [-0.2, -0.15) is 0 Å². The van der Waals surface area contributed by atoms with Crippen molar-refractivity contribution in [1.82, 2.24) is 0 Å². The molecule has 2 nitrogen and oxygen atoms in total. The van der Waals surface area contributed by atoms with E-state index < -0.39 is 0 Å². The third-order valence-corrected chi connectivity index (χ3v) is 3.38. The molecule has 0 aromatic heterocycles. The highest BCUT2D eigenvalue weighted by Crippen LogP contribution is 2.21. The lowest BCUT2D eigenvalue weighted by atomic mass is 10.0. The molecule has 0 unspecified atom stereocenters. The van der Waals surface area contributed by atoms with E-state index in [-0.39, 0.29) is 0 Å². The highest BCUT2D eigenvalue weighted by atomic mass is 32.1. The Morgan fingerprint density at radius 1 is 1.15 bits per heavy atom. The van der Waals surface area contributed by atoms with Gasteiger partial charge in [-0.05, 0) is 35.2 Å². The Hall–Kier alpha value is -1.87. The SMILES string of the molecule is CC(C)c1cccc(OCc2cccc(C(N)=S)c2)c1. The summed E-state index contributed by atoms with van der Waals surface area (Å²) in [6, 6.07) is 16.0. The Morgan fingerprint density at radius 3 is 2.60 bits per heavy atom. The number of hydrogen-bond donors (Lipinski definition) is 1. The fourth-order valence-corrected chi connectivity index (χ4v) is 2.07. The molecule has 0 aliphatic heterocycles. The maximum Gasteiger partial charge on any atom is 0.120 e. The monoisotopic (exact) mass is 285 g/mol. The van der Waals surface area contributed by atoms with Crippen molar-refractivity contribution >= 4 is 17.2 Å². The van der Waals surface area contributed by atoms with Gasteiger partial charge < -0.3 is 10.5 Å². The van der Waals surface area contributed by atoms with Crippen LogP contribution in [0, 0.1) is 0 Å². The average molecular weight is 285 g/mol. The van der Waals surface area contributed by atoms with Crippen LogP contribution in [0.2, 0.25) is 0 Å². The molecule has 20 heavy (non-hydrogen) atoms. The number of rotatable bonds is 5. The zero-order valence-corrected chi connectivity index (χ0v) is 12.6. The van der Waals surface area contributed by atoms with Gasteiger partial charge in [0.15, 0.2) is 0 Å². The molecular weight excluding hydrogens is 266 g/mol. The molecule has 2 aromatic carbocycles. The molecule has 0 aliphatic carbocycles. The Kier molecular flexibility index (Phi) is 4.74. The first-order chi connectivity index (χ1) is 9.56. The number of thiocarbonyl (C=S) groups is 1. The van der Waals surface area contributed by atoms with Crippen molar-refractivity contribution in [2.75, 3.05) is 0 Å². The quantitative estimate of drug-likeness (QED) is 0.843. The highest BCUT2D eigenvalue weighted by Gasteiger charge is 2.03. The third kappa shape index (κ3) is 3.81. The van der Waals surface area contributed by atoms with Crippen molar-refractivity contribution in [2.24, 2.45) is 5.73 Å². The summed E-state index contributed by atoms with van der Waals surface area (Å²) in [4.78, 5) is 0.411. The van der Waals surface area contributed by atoms with Gasteiger partial charge in [-0.25, -0.2) is 0 Å². The van der Waals surface area contributed by atoms with Crippen LogP contribution in [0.5, 0.6) is 5.75 Å². The van der Waals surface area contributed by atoms with Gasteiger partial charge in [0.1, 0.15) is 17.3 Å². The lowest BCUT2D eigenvalue weighted by Gasteiger charge is -2.10. The smallest absolute Gasteiger partial charge is 0.120 e. The molecule has 104 valence electrons. The maximum absolute atomic E-state index is 5.83. The van der Waals surface area contributed by atoms with Crippen LogP contribution in [-0.4, -0.2) is 4.99 Å². The standard InChI is InChI=1S/C17H19NOS/c1-12(2)14-6-4-8-16(10-14)19-11-13-5-3-7-15(9-13)17(18)20/h3-10,12H,11H2,1-2H3,(H2,18,20). The fourth-order valence-electron chi connectivity index (χ4n) is 1.94. The summed E-state index contributed by atoms with van der Waals surface area (Å²) < 4.78 is 5.83. The summed E-state index contributed by atoms with van der Waals surface area (Å²) in [6.45, 7) is 4.85. The molecule has 2 rings (SSSR count). The Balaban J connectivity index is 2.07. The summed E-state index contributed by atoms with van der Waals surface area (Å²) in [5.41, 5.74) is 8.84. The van der Waals surface area contributed by atoms with Crippen LogP contribution in [0.25, 0.3) is 0 Å². The van der Waals surface area contributed by atoms with E-state index in [0.717, 1.165) is 16.9 Å². The summed E-state index contributed by atoms with van der Waals surface area (Å²) >= 11 is 4.98. The van der Waals surface area contributed by atoms with Crippen LogP contribution in [0.15, 0.2) is 48.5 Å². The van der Waals surface area contributed by atoms with Gasteiger partial charge >= 0.3 is 0 Å². The second-order valence-electron chi connectivity index (χ2n) is 5.08. The first-order valence-electron chi connectivity index (χ1n) is 6.68. The summed E-state index contributed by atoms with van der Waals surface area (Å²) in [7, 11) is 0. The molecule has 3 heteroatoms. The Labute approximate surface area is 125 Å². The lowest BCUT2D eigenvalue weighted by molar-refractivity contribution is 0.306.